The number of hydrogen-bond donors (Lipinski definition) is 2. The van der Waals surface area contributed by atoms with Gasteiger partial charge in [0.05, 0.1) is 24.5 Å². The van der Waals surface area contributed by atoms with E-state index in [9.17, 15) is 14.7 Å². The van der Waals surface area contributed by atoms with Gasteiger partial charge in [0.15, 0.2) is 0 Å². The number of piperidine rings is 1. The third kappa shape index (κ3) is 3.77. The van der Waals surface area contributed by atoms with Crippen LogP contribution >= 0.6 is 0 Å². The van der Waals surface area contributed by atoms with Crippen molar-refractivity contribution in [3.63, 3.8) is 0 Å². The number of nitrogens with one attached hydrogen (secondary N) is 1. The Labute approximate surface area is 139 Å². The van der Waals surface area contributed by atoms with Gasteiger partial charge in [-0.05, 0) is 18.6 Å². The molecule has 0 spiro atoms. The predicted molar refractivity (Wildman–Crippen MR) is 84.9 cm³/mol. The Bertz CT molecular complexity index is 689. The summed E-state index contributed by atoms with van der Waals surface area (Å²) in [4.78, 5) is 27.2. The van der Waals surface area contributed by atoms with Gasteiger partial charge in [0.2, 0.25) is 5.91 Å². The average Bonchev–Trinajstić information content (AvgIpc) is 3.09. The molecule has 2 aromatic rings. The first kappa shape index (κ1) is 16.1. The van der Waals surface area contributed by atoms with E-state index in [4.69, 9.17) is 0 Å². The lowest BCUT2D eigenvalue weighted by molar-refractivity contribution is -0.124. The first-order chi connectivity index (χ1) is 11.6. The van der Waals surface area contributed by atoms with E-state index in [1.165, 1.54) is 17.2 Å². The molecular weight excluding hydrogens is 310 g/mol. The van der Waals surface area contributed by atoms with Crippen molar-refractivity contribution in [3.05, 3.63) is 48.3 Å². The topological polar surface area (TPSA) is 100 Å². The number of likely N-dealkylation sites (tertiary alicyclic amines) is 1. The molecule has 0 bridgehead atoms. The van der Waals surface area contributed by atoms with Crippen LogP contribution in [0, 0.1) is 0 Å². The third-order valence-corrected chi connectivity index (χ3v) is 3.99. The minimum absolute atomic E-state index is 0.00286. The number of aliphatic hydroxyl groups is 1. The summed E-state index contributed by atoms with van der Waals surface area (Å²) in [6.45, 7) is 0.678. The number of hydrogen-bond acceptors (Lipinski definition) is 5. The number of benzene rings is 1. The van der Waals surface area contributed by atoms with Crippen LogP contribution in [0.5, 0.6) is 0 Å². The molecule has 8 heteroatoms. The highest BCUT2D eigenvalue weighted by Gasteiger charge is 2.31. The standard InChI is InChI=1S/C16H19N5O3/c22-14-10-20(16(24)12-4-2-1-3-5-12)9-6-13(14)19-15(23)11-21-17-7-8-18-21/h1-5,7-8,13-14,22H,6,9-11H2,(H,19,23)/t13-,14-/m1/s1. The van der Waals surface area contributed by atoms with Crippen molar-refractivity contribution in [2.75, 3.05) is 13.1 Å². The number of β-amino-alcohol motifs (C(OH)–C–C–N with tert-alkyl or cyclic N) is 1. The largest absolute Gasteiger partial charge is 0.389 e. The highest BCUT2D eigenvalue weighted by molar-refractivity contribution is 5.94. The van der Waals surface area contributed by atoms with Crippen molar-refractivity contribution in [1.29, 1.82) is 0 Å². The Hall–Kier alpha value is -2.74. The molecule has 2 N–H and O–H groups in total. The maximum atomic E-state index is 12.4. The summed E-state index contributed by atoms with van der Waals surface area (Å²) in [5.41, 5.74) is 0.594. The first-order valence-corrected chi connectivity index (χ1v) is 7.79. The van der Waals surface area contributed by atoms with E-state index in [0.29, 0.717) is 18.5 Å². The smallest absolute Gasteiger partial charge is 0.253 e. The monoisotopic (exact) mass is 329 g/mol. The zero-order chi connectivity index (χ0) is 16.9. The second-order valence-corrected chi connectivity index (χ2v) is 5.71. The van der Waals surface area contributed by atoms with Gasteiger partial charge in [-0.25, -0.2) is 0 Å². The van der Waals surface area contributed by atoms with E-state index in [-0.39, 0.29) is 30.9 Å². The number of rotatable bonds is 4. The number of aliphatic hydroxyl groups excluding tert-OH is 1. The van der Waals surface area contributed by atoms with Gasteiger partial charge in [-0.2, -0.15) is 15.0 Å². The fraction of sp³-hybridized carbons (Fsp3) is 0.375. The molecule has 0 radical (unpaired) electrons. The highest BCUT2D eigenvalue weighted by atomic mass is 16.3. The summed E-state index contributed by atoms with van der Waals surface area (Å²) in [5.74, 6) is -0.377. The summed E-state index contributed by atoms with van der Waals surface area (Å²) in [7, 11) is 0. The summed E-state index contributed by atoms with van der Waals surface area (Å²) in [6.07, 6.45) is 2.69. The lowest BCUT2D eigenvalue weighted by Crippen LogP contribution is -2.55. The maximum absolute atomic E-state index is 12.4. The molecule has 0 aliphatic carbocycles. The van der Waals surface area contributed by atoms with E-state index in [0.717, 1.165) is 0 Å². The Morgan fingerprint density at radius 2 is 1.92 bits per heavy atom. The number of nitrogens with zero attached hydrogens (tertiary/aromatic N) is 4. The van der Waals surface area contributed by atoms with Crippen LogP contribution < -0.4 is 5.32 Å². The Balaban J connectivity index is 1.53. The summed E-state index contributed by atoms with van der Waals surface area (Å²) in [6, 6.07) is 8.58. The average molecular weight is 329 g/mol. The van der Waals surface area contributed by atoms with E-state index in [1.54, 1.807) is 29.2 Å². The Morgan fingerprint density at radius 1 is 1.21 bits per heavy atom. The van der Waals surface area contributed by atoms with Crippen molar-refractivity contribution in [2.45, 2.75) is 25.1 Å². The van der Waals surface area contributed by atoms with E-state index in [1.807, 2.05) is 6.07 Å². The fourth-order valence-electron chi connectivity index (χ4n) is 2.75. The van der Waals surface area contributed by atoms with E-state index >= 15 is 0 Å². The minimum atomic E-state index is -0.805. The lowest BCUT2D eigenvalue weighted by Gasteiger charge is -2.36. The molecule has 8 nitrogen and oxygen atoms in total. The van der Waals surface area contributed by atoms with Crippen LogP contribution in [0.2, 0.25) is 0 Å². The maximum Gasteiger partial charge on any atom is 0.253 e. The molecule has 0 saturated carbocycles. The van der Waals surface area contributed by atoms with Gasteiger partial charge < -0.3 is 15.3 Å². The van der Waals surface area contributed by atoms with Crippen LogP contribution in [0.25, 0.3) is 0 Å². The van der Waals surface area contributed by atoms with Gasteiger partial charge in [-0.1, -0.05) is 18.2 Å². The zero-order valence-electron chi connectivity index (χ0n) is 13.1. The van der Waals surface area contributed by atoms with Gasteiger partial charge in [0, 0.05) is 18.7 Å². The summed E-state index contributed by atoms with van der Waals surface area (Å²) in [5, 5.41) is 20.8. The van der Waals surface area contributed by atoms with E-state index < -0.39 is 6.10 Å². The Morgan fingerprint density at radius 3 is 2.58 bits per heavy atom. The SMILES string of the molecule is O=C(Cn1nccn1)N[C@@H]1CCN(C(=O)c2ccccc2)C[C@H]1O. The van der Waals surface area contributed by atoms with Crippen molar-refractivity contribution >= 4 is 11.8 Å². The van der Waals surface area contributed by atoms with Crippen molar-refractivity contribution in [1.82, 2.24) is 25.2 Å². The summed E-state index contributed by atoms with van der Waals surface area (Å²) < 4.78 is 0. The quantitative estimate of drug-likeness (QED) is 0.800. The molecule has 1 fully saturated rings. The lowest BCUT2D eigenvalue weighted by atomic mass is 10.0. The molecule has 1 aliphatic rings. The van der Waals surface area contributed by atoms with Crippen molar-refractivity contribution in [3.8, 4) is 0 Å². The molecule has 1 aromatic carbocycles. The second kappa shape index (κ2) is 7.22. The molecule has 3 rings (SSSR count). The van der Waals surface area contributed by atoms with Gasteiger partial charge in [-0.3, -0.25) is 9.59 Å². The highest BCUT2D eigenvalue weighted by Crippen LogP contribution is 2.14. The number of aromatic nitrogens is 3. The number of amides is 2. The third-order valence-electron chi connectivity index (χ3n) is 3.99. The van der Waals surface area contributed by atoms with Crippen LogP contribution in [-0.4, -0.2) is 62.0 Å². The van der Waals surface area contributed by atoms with Crippen LogP contribution in [0.1, 0.15) is 16.8 Å². The van der Waals surface area contributed by atoms with Crippen LogP contribution in [0.15, 0.2) is 42.7 Å². The molecule has 2 atom stereocenters. The minimum Gasteiger partial charge on any atom is -0.389 e. The van der Waals surface area contributed by atoms with Crippen molar-refractivity contribution < 1.29 is 14.7 Å². The van der Waals surface area contributed by atoms with Gasteiger partial charge >= 0.3 is 0 Å². The fourth-order valence-corrected chi connectivity index (χ4v) is 2.75. The zero-order valence-corrected chi connectivity index (χ0v) is 13.1. The van der Waals surface area contributed by atoms with Crippen molar-refractivity contribution in [2.24, 2.45) is 0 Å². The summed E-state index contributed by atoms with van der Waals surface area (Å²) >= 11 is 0. The molecule has 126 valence electrons. The molecule has 2 amide bonds. The first-order valence-electron chi connectivity index (χ1n) is 7.79. The van der Waals surface area contributed by atoms with E-state index in [2.05, 4.69) is 15.5 Å². The molecular formula is C16H19N5O3. The Kier molecular flexibility index (Phi) is 4.85. The molecule has 1 saturated heterocycles. The molecule has 0 unspecified atom stereocenters. The number of carbonyl (C=O) groups is 2. The second-order valence-electron chi connectivity index (χ2n) is 5.71. The van der Waals surface area contributed by atoms with Gasteiger partial charge in [0.25, 0.3) is 5.91 Å². The predicted octanol–water partition coefficient (Wildman–Crippen LogP) is -0.330. The van der Waals surface area contributed by atoms with Gasteiger partial charge in [-0.15, -0.1) is 0 Å². The molecule has 1 aliphatic heterocycles. The molecule has 2 heterocycles. The molecule has 1 aromatic heterocycles. The van der Waals surface area contributed by atoms with Crippen LogP contribution in [0.4, 0.5) is 0 Å². The van der Waals surface area contributed by atoms with Crippen LogP contribution in [0.3, 0.4) is 0 Å². The number of carbonyl (C=O) groups excluding carboxylic acids is 2. The van der Waals surface area contributed by atoms with Gasteiger partial charge in [0.1, 0.15) is 6.54 Å². The molecule has 24 heavy (non-hydrogen) atoms. The van der Waals surface area contributed by atoms with Crippen LogP contribution in [-0.2, 0) is 11.3 Å². The normalized spacial score (nSPS) is 20.6.